The van der Waals surface area contributed by atoms with Crippen molar-refractivity contribution in [2.24, 2.45) is 0 Å². The molecule has 1 aliphatic rings. The summed E-state index contributed by atoms with van der Waals surface area (Å²) >= 11 is 7.68. The first-order valence-corrected chi connectivity index (χ1v) is 10.3. The molecule has 0 bridgehead atoms. The van der Waals surface area contributed by atoms with Gasteiger partial charge in [-0.05, 0) is 62.6 Å². The van der Waals surface area contributed by atoms with Crippen molar-refractivity contribution in [3.05, 3.63) is 58.1 Å². The molecule has 0 spiro atoms. The fraction of sp³-hybridized carbons (Fsp3) is 0.333. The SMILES string of the molecule is Cc1cc(Cl)ccc1OC(C)C(=O)N1CCCC1c1nc2ccccc2s1. The third kappa shape index (κ3) is 3.66. The first-order valence-electron chi connectivity index (χ1n) is 9.11. The second-order valence-corrected chi connectivity index (χ2v) is 8.38. The molecule has 4 rings (SSSR count). The van der Waals surface area contributed by atoms with Crippen molar-refractivity contribution < 1.29 is 9.53 Å². The minimum absolute atomic E-state index is 0.00565. The number of benzene rings is 2. The number of fused-ring (bicyclic) bond motifs is 1. The molecule has 1 amide bonds. The number of nitrogens with zero attached hydrogens (tertiary/aromatic N) is 2. The van der Waals surface area contributed by atoms with Crippen LogP contribution in [0, 0.1) is 6.92 Å². The standard InChI is InChI=1S/C21H21ClN2O2S/c1-13-12-15(22)9-10-18(13)26-14(2)21(25)24-11-5-7-17(24)20-23-16-6-3-4-8-19(16)27-20/h3-4,6,8-10,12,14,17H,5,7,11H2,1-2H3. The van der Waals surface area contributed by atoms with Gasteiger partial charge in [-0.3, -0.25) is 4.79 Å². The van der Waals surface area contributed by atoms with Gasteiger partial charge in [0.25, 0.3) is 5.91 Å². The third-order valence-electron chi connectivity index (χ3n) is 4.92. The molecule has 1 aliphatic heterocycles. The van der Waals surface area contributed by atoms with E-state index in [0.717, 1.165) is 40.2 Å². The molecule has 4 nitrogen and oxygen atoms in total. The highest BCUT2D eigenvalue weighted by Crippen LogP contribution is 2.37. The average molecular weight is 401 g/mol. The van der Waals surface area contributed by atoms with Gasteiger partial charge in [0.1, 0.15) is 10.8 Å². The molecule has 0 saturated carbocycles. The van der Waals surface area contributed by atoms with Gasteiger partial charge in [0.2, 0.25) is 0 Å². The van der Waals surface area contributed by atoms with Gasteiger partial charge in [-0.15, -0.1) is 11.3 Å². The summed E-state index contributed by atoms with van der Waals surface area (Å²) in [6, 6.07) is 13.6. The van der Waals surface area contributed by atoms with Crippen molar-refractivity contribution in [1.82, 2.24) is 9.88 Å². The van der Waals surface area contributed by atoms with E-state index in [2.05, 4.69) is 6.07 Å². The molecule has 2 atom stereocenters. The number of halogens is 1. The number of thiazole rings is 1. The summed E-state index contributed by atoms with van der Waals surface area (Å²) in [4.78, 5) is 19.8. The molecule has 3 aromatic rings. The van der Waals surface area contributed by atoms with E-state index in [-0.39, 0.29) is 11.9 Å². The van der Waals surface area contributed by atoms with Crippen LogP contribution in [0.2, 0.25) is 5.02 Å². The summed E-state index contributed by atoms with van der Waals surface area (Å²) in [5, 5.41) is 1.67. The predicted octanol–water partition coefficient (Wildman–Crippen LogP) is 5.39. The van der Waals surface area contributed by atoms with Gasteiger partial charge >= 0.3 is 0 Å². The normalized spacial score (nSPS) is 18.0. The van der Waals surface area contributed by atoms with E-state index in [1.807, 2.05) is 49.1 Å². The maximum absolute atomic E-state index is 13.1. The van der Waals surface area contributed by atoms with Crippen LogP contribution < -0.4 is 4.74 Å². The molecule has 6 heteroatoms. The van der Waals surface area contributed by atoms with Crippen LogP contribution in [-0.2, 0) is 4.79 Å². The van der Waals surface area contributed by atoms with Crippen LogP contribution in [-0.4, -0.2) is 28.4 Å². The van der Waals surface area contributed by atoms with Crippen molar-refractivity contribution in [1.29, 1.82) is 0 Å². The van der Waals surface area contributed by atoms with Gasteiger partial charge in [-0.25, -0.2) is 4.98 Å². The number of aromatic nitrogens is 1. The molecule has 0 N–H and O–H groups in total. The summed E-state index contributed by atoms with van der Waals surface area (Å²) in [6.07, 6.45) is 1.37. The highest BCUT2D eigenvalue weighted by Gasteiger charge is 2.35. The van der Waals surface area contributed by atoms with Gasteiger partial charge < -0.3 is 9.64 Å². The Balaban J connectivity index is 1.53. The van der Waals surface area contributed by atoms with Crippen LogP contribution in [0.15, 0.2) is 42.5 Å². The Kier molecular flexibility index (Phi) is 5.06. The average Bonchev–Trinajstić information content (AvgIpc) is 3.29. The zero-order valence-corrected chi connectivity index (χ0v) is 16.9. The molecule has 0 aliphatic carbocycles. The second-order valence-electron chi connectivity index (χ2n) is 6.88. The van der Waals surface area contributed by atoms with Gasteiger partial charge in [-0.1, -0.05) is 23.7 Å². The Morgan fingerprint density at radius 3 is 2.93 bits per heavy atom. The first-order chi connectivity index (χ1) is 13.0. The summed E-state index contributed by atoms with van der Waals surface area (Å²) in [5.41, 5.74) is 1.92. The molecule has 27 heavy (non-hydrogen) atoms. The van der Waals surface area contributed by atoms with Gasteiger partial charge in [0.15, 0.2) is 6.10 Å². The van der Waals surface area contributed by atoms with Crippen molar-refractivity contribution in [2.45, 2.75) is 38.8 Å². The molecule has 2 aromatic carbocycles. The number of amides is 1. The zero-order valence-electron chi connectivity index (χ0n) is 15.3. The summed E-state index contributed by atoms with van der Waals surface area (Å²) in [5.74, 6) is 0.696. The maximum atomic E-state index is 13.1. The van der Waals surface area contributed by atoms with Crippen molar-refractivity contribution in [3.63, 3.8) is 0 Å². The molecule has 1 fully saturated rings. The number of rotatable bonds is 4. The van der Waals surface area contributed by atoms with Crippen LogP contribution in [0.3, 0.4) is 0 Å². The number of para-hydroxylation sites is 1. The Labute approximate surface area is 167 Å². The van der Waals surface area contributed by atoms with Gasteiger partial charge in [-0.2, -0.15) is 0 Å². The van der Waals surface area contributed by atoms with Crippen molar-refractivity contribution in [2.75, 3.05) is 6.54 Å². The predicted molar refractivity (Wildman–Crippen MR) is 110 cm³/mol. The van der Waals surface area contributed by atoms with E-state index in [9.17, 15) is 4.79 Å². The van der Waals surface area contributed by atoms with E-state index in [1.54, 1.807) is 17.4 Å². The molecule has 2 heterocycles. The maximum Gasteiger partial charge on any atom is 0.263 e. The van der Waals surface area contributed by atoms with Crippen LogP contribution in [0.4, 0.5) is 0 Å². The number of ether oxygens (including phenoxy) is 1. The quantitative estimate of drug-likeness (QED) is 0.589. The van der Waals surface area contributed by atoms with Gasteiger partial charge in [0.05, 0.1) is 16.3 Å². The summed E-state index contributed by atoms with van der Waals surface area (Å²) in [7, 11) is 0. The Bertz CT molecular complexity index is 954. The van der Waals surface area contributed by atoms with E-state index < -0.39 is 6.10 Å². The minimum atomic E-state index is -0.556. The number of aryl methyl sites for hydroxylation is 1. The number of likely N-dealkylation sites (tertiary alicyclic amines) is 1. The smallest absolute Gasteiger partial charge is 0.263 e. The lowest BCUT2D eigenvalue weighted by molar-refractivity contribution is -0.138. The monoisotopic (exact) mass is 400 g/mol. The van der Waals surface area contributed by atoms with Crippen LogP contribution in [0.5, 0.6) is 5.75 Å². The van der Waals surface area contributed by atoms with E-state index in [4.69, 9.17) is 21.3 Å². The lowest BCUT2D eigenvalue weighted by atomic mass is 10.2. The largest absolute Gasteiger partial charge is 0.481 e. The molecule has 140 valence electrons. The third-order valence-corrected chi connectivity index (χ3v) is 6.29. The number of hydrogen-bond acceptors (Lipinski definition) is 4. The molecule has 2 unspecified atom stereocenters. The fourth-order valence-electron chi connectivity index (χ4n) is 3.54. The first kappa shape index (κ1) is 18.3. The second kappa shape index (κ2) is 7.49. The van der Waals surface area contributed by atoms with E-state index in [1.165, 1.54) is 0 Å². The molecular weight excluding hydrogens is 380 g/mol. The number of carbonyl (C=O) groups excluding carboxylic acids is 1. The van der Waals surface area contributed by atoms with E-state index in [0.29, 0.717) is 10.8 Å². The lowest BCUT2D eigenvalue weighted by Crippen LogP contribution is -2.40. The number of hydrogen-bond donors (Lipinski definition) is 0. The zero-order chi connectivity index (χ0) is 19.0. The lowest BCUT2D eigenvalue weighted by Gasteiger charge is -2.27. The highest BCUT2D eigenvalue weighted by atomic mass is 35.5. The highest BCUT2D eigenvalue weighted by molar-refractivity contribution is 7.18. The Hall–Kier alpha value is -2.11. The van der Waals surface area contributed by atoms with Crippen LogP contribution in [0.25, 0.3) is 10.2 Å². The van der Waals surface area contributed by atoms with Crippen molar-refractivity contribution >= 4 is 39.1 Å². The van der Waals surface area contributed by atoms with Crippen LogP contribution >= 0.6 is 22.9 Å². The van der Waals surface area contributed by atoms with Gasteiger partial charge in [0, 0.05) is 11.6 Å². The molecule has 0 radical (unpaired) electrons. The minimum Gasteiger partial charge on any atom is -0.481 e. The number of carbonyl (C=O) groups is 1. The molecular formula is C21H21ClN2O2S. The Morgan fingerprint density at radius 2 is 2.15 bits per heavy atom. The summed E-state index contributed by atoms with van der Waals surface area (Å²) < 4.78 is 7.11. The topological polar surface area (TPSA) is 42.4 Å². The molecule has 1 saturated heterocycles. The fourth-order valence-corrected chi connectivity index (χ4v) is 4.88. The summed E-state index contributed by atoms with van der Waals surface area (Å²) in [6.45, 7) is 4.48. The molecule has 1 aromatic heterocycles. The van der Waals surface area contributed by atoms with Crippen molar-refractivity contribution in [3.8, 4) is 5.75 Å². The Morgan fingerprint density at radius 1 is 1.33 bits per heavy atom. The van der Waals surface area contributed by atoms with E-state index >= 15 is 0 Å². The van der Waals surface area contributed by atoms with Crippen LogP contribution in [0.1, 0.15) is 36.4 Å².